The average molecular weight is 671 g/mol. The highest BCUT2D eigenvalue weighted by Gasteiger charge is 2.23. The Balaban J connectivity index is 0.000000178. The number of methoxy groups -OCH3 is 2. The minimum atomic E-state index is -0.147. The molecular weight excluding hydrogens is 630 g/mol. The zero-order valence-corrected chi connectivity index (χ0v) is 27.9. The number of hydrogen-bond acceptors (Lipinski definition) is 6. The molecule has 0 saturated heterocycles. The van der Waals surface area contributed by atoms with E-state index in [-0.39, 0.29) is 12.2 Å². The number of halogens is 1. The van der Waals surface area contributed by atoms with Gasteiger partial charge in [-0.15, -0.1) is 0 Å². The van der Waals surface area contributed by atoms with E-state index in [4.69, 9.17) is 25.5 Å². The van der Waals surface area contributed by atoms with Gasteiger partial charge in [-0.05, 0) is 83.9 Å². The second kappa shape index (κ2) is 15.5. The maximum absolute atomic E-state index is 7.28. The van der Waals surface area contributed by atoms with Gasteiger partial charge >= 0.3 is 0 Å². The third kappa shape index (κ3) is 8.31. The number of ether oxygens (including phenoxy) is 4. The van der Waals surface area contributed by atoms with Crippen LogP contribution in [0, 0.1) is 6.57 Å². The molecule has 6 rings (SSSR count). The van der Waals surface area contributed by atoms with Crippen LogP contribution in [0.15, 0.2) is 89.4 Å². The van der Waals surface area contributed by atoms with Crippen molar-refractivity contribution >= 4 is 21.6 Å². The molecule has 0 aliphatic carbocycles. The third-order valence-electron chi connectivity index (χ3n) is 8.16. The highest BCUT2D eigenvalue weighted by atomic mass is 79.9. The lowest BCUT2D eigenvalue weighted by atomic mass is 9.95. The van der Waals surface area contributed by atoms with Crippen LogP contribution in [0.4, 0.5) is 5.69 Å². The van der Waals surface area contributed by atoms with Crippen molar-refractivity contribution in [2.45, 2.75) is 25.3 Å². The van der Waals surface area contributed by atoms with Crippen molar-refractivity contribution < 1.29 is 18.9 Å². The lowest BCUT2D eigenvalue weighted by Gasteiger charge is -2.28. The number of rotatable bonds is 4. The first-order valence-corrected chi connectivity index (χ1v) is 15.8. The van der Waals surface area contributed by atoms with Gasteiger partial charge in [0.2, 0.25) is 0 Å². The van der Waals surface area contributed by atoms with Crippen molar-refractivity contribution in [3.05, 3.63) is 134 Å². The van der Waals surface area contributed by atoms with E-state index < -0.39 is 0 Å². The largest absolute Gasteiger partial charge is 0.497 e. The van der Waals surface area contributed by atoms with Gasteiger partial charge in [0.25, 0.3) is 0 Å². The number of hydrogen-bond donors (Lipinski definition) is 0. The summed E-state index contributed by atoms with van der Waals surface area (Å²) in [4.78, 5) is 8.09. The maximum atomic E-state index is 7.28. The van der Waals surface area contributed by atoms with Gasteiger partial charge in [0.05, 0.1) is 34.0 Å². The van der Waals surface area contributed by atoms with Crippen molar-refractivity contribution in [2.75, 3.05) is 54.6 Å². The molecule has 2 aliphatic rings. The standard InChI is InChI=1S/C19H20N2O2.C18H20BrNO2/c1-20-16-7-4-15-13-21(2)10-11-23-19(18(15)12-16)14-5-8-17(22-3)9-6-14;1-20-9-10-22-18(13-4-7-16(21-2)8-5-13)17-11-15(19)6-3-14(17)12-20/h4-9,12,19H,10-11,13H2,2-3H3;3-8,11,18H,9-10,12H2,1-2H3. The molecule has 0 N–H and O–H groups in total. The van der Waals surface area contributed by atoms with Crippen molar-refractivity contribution in [2.24, 2.45) is 0 Å². The number of likely N-dealkylation sites (N-methyl/N-ethyl adjacent to an activating group) is 2. The Morgan fingerprint density at radius 1 is 0.689 bits per heavy atom. The highest BCUT2D eigenvalue weighted by Crippen LogP contribution is 2.35. The van der Waals surface area contributed by atoms with E-state index >= 15 is 0 Å². The fourth-order valence-corrected chi connectivity index (χ4v) is 6.05. The summed E-state index contributed by atoms with van der Waals surface area (Å²) in [6.45, 7) is 12.3. The minimum Gasteiger partial charge on any atom is -0.497 e. The van der Waals surface area contributed by atoms with E-state index in [1.54, 1.807) is 14.2 Å². The predicted octanol–water partition coefficient (Wildman–Crippen LogP) is 7.81. The lowest BCUT2D eigenvalue weighted by molar-refractivity contribution is 0.0553. The Hall–Kier alpha value is -3.71. The van der Waals surface area contributed by atoms with Crippen LogP contribution < -0.4 is 9.47 Å². The molecule has 45 heavy (non-hydrogen) atoms. The van der Waals surface area contributed by atoms with E-state index in [9.17, 15) is 0 Å². The van der Waals surface area contributed by atoms with E-state index in [1.165, 1.54) is 16.7 Å². The summed E-state index contributed by atoms with van der Waals surface area (Å²) in [5.74, 6) is 1.69. The zero-order chi connectivity index (χ0) is 31.8. The number of benzene rings is 4. The lowest BCUT2D eigenvalue weighted by Crippen LogP contribution is -2.27. The Labute approximate surface area is 275 Å². The van der Waals surface area contributed by atoms with Crippen LogP contribution in [-0.4, -0.2) is 64.4 Å². The molecule has 4 aromatic carbocycles. The summed E-state index contributed by atoms with van der Waals surface area (Å²) in [6, 6.07) is 28.4. The Morgan fingerprint density at radius 2 is 1.16 bits per heavy atom. The van der Waals surface area contributed by atoms with Crippen molar-refractivity contribution in [1.82, 2.24) is 9.80 Å². The monoisotopic (exact) mass is 669 g/mol. The van der Waals surface area contributed by atoms with Gasteiger partial charge in [0.15, 0.2) is 5.69 Å². The molecule has 2 atom stereocenters. The molecule has 7 nitrogen and oxygen atoms in total. The summed E-state index contributed by atoms with van der Waals surface area (Å²) in [7, 11) is 7.56. The SMILES string of the molecule is COc1ccc(C2OCCN(C)Cc3ccc(Br)cc32)cc1.[C-]#[N+]c1ccc2c(c1)C(c1ccc(OC)cc1)OCCN(C)C2. The summed E-state index contributed by atoms with van der Waals surface area (Å²) in [5, 5.41) is 0. The van der Waals surface area contributed by atoms with Crippen LogP contribution in [-0.2, 0) is 22.6 Å². The Kier molecular flexibility index (Phi) is 11.3. The normalized spacial score (nSPS) is 18.8. The summed E-state index contributed by atoms with van der Waals surface area (Å²) >= 11 is 3.58. The fourth-order valence-electron chi connectivity index (χ4n) is 5.67. The molecule has 2 aliphatic heterocycles. The Bertz CT molecular complexity index is 1600. The molecule has 0 radical (unpaired) electrons. The molecule has 0 bridgehead atoms. The van der Waals surface area contributed by atoms with Gasteiger partial charge in [-0.3, -0.25) is 9.80 Å². The molecule has 0 aromatic heterocycles. The van der Waals surface area contributed by atoms with Crippen LogP contribution in [0.1, 0.15) is 45.6 Å². The molecule has 2 unspecified atom stereocenters. The smallest absolute Gasteiger partial charge is 0.187 e. The molecule has 2 heterocycles. The van der Waals surface area contributed by atoms with E-state index in [0.29, 0.717) is 12.3 Å². The molecular formula is C37H40BrN3O4. The van der Waals surface area contributed by atoms with E-state index in [0.717, 1.165) is 65.4 Å². The number of nitrogens with zero attached hydrogens (tertiary/aromatic N) is 3. The van der Waals surface area contributed by atoms with Crippen LogP contribution >= 0.6 is 15.9 Å². The summed E-state index contributed by atoms with van der Waals surface area (Å²) in [5.41, 5.74) is 7.71. The first-order valence-electron chi connectivity index (χ1n) is 15.0. The molecule has 0 saturated carbocycles. The van der Waals surface area contributed by atoms with Crippen LogP contribution in [0.25, 0.3) is 4.85 Å². The summed E-state index contributed by atoms with van der Waals surface area (Å²) in [6.07, 6.45) is -0.182. The van der Waals surface area contributed by atoms with Crippen LogP contribution in [0.5, 0.6) is 11.5 Å². The molecule has 4 aromatic rings. The van der Waals surface area contributed by atoms with Gasteiger partial charge in [-0.2, -0.15) is 0 Å². The quantitative estimate of drug-likeness (QED) is 0.207. The number of fused-ring (bicyclic) bond motifs is 2. The van der Waals surface area contributed by atoms with Crippen molar-refractivity contribution in [3.63, 3.8) is 0 Å². The van der Waals surface area contributed by atoms with Gasteiger partial charge in [0.1, 0.15) is 23.7 Å². The van der Waals surface area contributed by atoms with Crippen molar-refractivity contribution in [1.29, 1.82) is 0 Å². The average Bonchev–Trinajstić information content (AvgIpc) is 3.05. The highest BCUT2D eigenvalue weighted by molar-refractivity contribution is 9.10. The first-order chi connectivity index (χ1) is 21.9. The van der Waals surface area contributed by atoms with Gasteiger partial charge in [-0.25, -0.2) is 4.85 Å². The van der Waals surface area contributed by atoms with E-state index in [2.05, 4.69) is 75.0 Å². The van der Waals surface area contributed by atoms with Crippen LogP contribution in [0.3, 0.4) is 0 Å². The van der Waals surface area contributed by atoms with Gasteiger partial charge in [-0.1, -0.05) is 64.5 Å². The summed E-state index contributed by atoms with van der Waals surface area (Å²) < 4.78 is 23.9. The molecule has 234 valence electrons. The van der Waals surface area contributed by atoms with Gasteiger partial charge in [0, 0.05) is 30.7 Å². The third-order valence-corrected chi connectivity index (χ3v) is 8.66. The second-order valence-electron chi connectivity index (χ2n) is 11.4. The topological polar surface area (TPSA) is 47.8 Å². The molecule has 0 spiro atoms. The minimum absolute atomic E-state index is 0.0351. The van der Waals surface area contributed by atoms with Crippen molar-refractivity contribution in [3.8, 4) is 11.5 Å². The van der Waals surface area contributed by atoms with E-state index in [1.807, 2.05) is 54.6 Å². The second-order valence-corrected chi connectivity index (χ2v) is 12.3. The first kappa shape index (κ1) is 32.7. The zero-order valence-electron chi connectivity index (χ0n) is 26.3. The van der Waals surface area contributed by atoms with Gasteiger partial charge < -0.3 is 18.9 Å². The predicted molar refractivity (Wildman–Crippen MR) is 181 cm³/mol. The molecule has 0 amide bonds. The molecule has 8 heteroatoms. The maximum Gasteiger partial charge on any atom is 0.187 e. The fraction of sp³-hybridized carbons (Fsp3) is 0.324. The molecule has 0 fully saturated rings. The van der Waals surface area contributed by atoms with Crippen LogP contribution in [0.2, 0.25) is 0 Å². The Morgan fingerprint density at radius 3 is 1.62 bits per heavy atom.